The van der Waals surface area contributed by atoms with E-state index in [1.54, 1.807) is 42.5 Å². The van der Waals surface area contributed by atoms with Crippen molar-refractivity contribution in [2.45, 2.75) is 19.3 Å². The van der Waals surface area contributed by atoms with Crippen LogP contribution in [-0.4, -0.2) is 28.4 Å². The van der Waals surface area contributed by atoms with Crippen molar-refractivity contribution in [1.82, 2.24) is 9.97 Å². The van der Waals surface area contributed by atoms with E-state index in [-0.39, 0.29) is 23.8 Å². The molecule has 170 valence electrons. The minimum absolute atomic E-state index is 0.0115. The van der Waals surface area contributed by atoms with Crippen molar-refractivity contribution in [3.63, 3.8) is 0 Å². The van der Waals surface area contributed by atoms with Gasteiger partial charge in [-0.25, -0.2) is 0 Å². The molecule has 4 rings (SSSR count). The van der Waals surface area contributed by atoms with Crippen LogP contribution in [0.4, 0.5) is 23.1 Å². The van der Waals surface area contributed by atoms with E-state index in [1.807, 2.05) is 6.92 Å². The highest BCUT2D eigenvalue weighted by atomic mass is 35.5. The second-order valence-corrected chi connectivity index (χ2v) is 8.08. The summed E-state index contributed by atoms with van der Waals surface area (Å²) < 4.78 is 5.39. The molecule has 4 N–H and O–H groups in total. The normalized spacial score (nSPS) is 14.8. The molecule has 1 atom stereocenters. The Labute approximate surface area is 198 Å². The van der Waals surface area contributed by atoms with Crippen molar-refractivity contribution in [3.05, 3.63) is 68.4 Å². The van der Waals surface area contributed by atoms with Crippen LogP contribution in [0.3, 0.4) is 0 Å². The molecule has 9 nitrogen and oxygen atoms in total. The quantitative estimate of drug-likeness (QED) is 0.411. The molecule has 0 bridgehead atoms. The number of amides is 2. The highest BCUT2D eigenvalue weighted by Gasteiger charge is 2.34. The van der Waals surface area contributed by atoms with E-state index < -0.39 is 23.3 Å². The number of nitrogens with one attached hydrogen (secondary N) is 4. The summed E-state index contributed by atoms with van der Waals surface area (Å²) in [5.74, 6) is -1.19. The third-order valence-corrected chi connectivity index (χ3v) is 5.26. The van der Waals surface area contributed by atoms with E-state index in [4.69, 9.17) is 27.9 Å². The van der Waals surface area contributed by atoms with Crippen LogP contribution in [0.1, 0.15) is 24.8 Å². The van der Waals surface area contributed by atoms with E-state index in [2.05, 4.69) is 25.9 Å². The average molecular weight is 488 g/mol. The number of ether oxygens (including phenoxy) is 1. The van der Waals surface area contributed by atoms with Gasteiger partial charge in [0.2, 0.25) is 17.8 Å². The molecule has 3 aromatic rings. The lowest BCUT2D eigenvalue weighted by Gasteiger charge is -2.23. The van der Waals surface area contributed by atoms with Gasteiger partial charge < -0.3 is 20.7 Å². The number of hydrogen-bond acceptors (Lipinski definition) is 6. The van der Waals surface area contributed by atoms with E-state index >= 15 is 0 Å². The number of nitrogens with zero attached hydrogens (tertiary/aromatic N) is 1. The summed E-state index contributed by atoms with van der Waals surface area (Å²) in [6.07, 6.45) is -0.183. The Balaban J connectivity index is 1.59. The van der Waals surface area contributed by atoms with Gasteiger partial charge in [0.15, 0.2) is 0 Å². The Morgan fingerprint density at radius 1 is 1.12 bits per heavy atom. The van der Waals surface area contributed by atoms with E-state index in [1.165, 1.54) is 0 Å². The van der Waals surface area contributed by atoms with Gasteiger partial charge in [-0.1, -0.05) is 23.2 Å². The zero-order valence-electron chi connectivity index (χ0n) is 17.4. The summed E-state index contributed by atoms with van der Waals surface area (Å²) in [4.78, 5) is 44.9. The van der Waals surface area contributed by atoms with Crippen LogP contribution in [0.5, 0.6) is 5.75 Å². The van der Waals surface area contributed by atoms with Crippen LogP contribution in [0.2, 0.25) is 10.0 Å². The summed E-state index contributed by atoms with van der Waals surface area (Å²) in [5, 5.41) is 8.98. The zero-order chi connectivity index (χ0) is 23.5. The predicted molar refractivity (Wildman–Crippen MR) is 127 cm³/mol. The summed E-state index contributed by atoms with van der Waals surface area (Å²) in [6, 6.07) is 11.5. The summed E-state index contributed by atoms with van der Waals surface area (Å²) in [5.41, 5.74) is 0.522. The molecule has 33 heavy (non-hydrogen) atoms. The van der Waals surface area contributed by atoms with Gasteiger partial charge in [-0.3, -0.25) is 19.4 Å². The zero-order valence-corrected chi connectivity index (χ0v) is 18.9. The molecule has 1 aliphatic rings. The number of rotatable bonds is 6. The summed E-state index contributed by atoms with van der Waals surface area (Å²) in [7, 11) is 0. The van der Waals surface area contributed by atoms with Crippen molar-refractivity contribution >= 4 is 58.2 Å². The molecule has 0 saturated heterocycles. The number of benzene rings is 2. The van der Waals surface area contributed by atoms with Crippen molar-refractivity contribution in [2.24, 2.45) is 0 Å². The Morgan fingerprint density at radius 3 is 2.48 bits per heavy atom. The van der Waals surface area contributed by atoms with Crippen molar-refractivity contribution in [1.29, 1.82) is 0 Å². The van der Waals surface area contributed by atoms with Crippen LogP contribution < -0.4 is 26.2 Å². The number of halogens is 2. The second kappa shape index (κ2) is 9.51. The minimum atomic E-state index is -1.01. The first-order chi connectivity index (χ1) is 15.8. The molecule has 0 saturated carbocycles. The Kier molecular flexibility index (Phi) is 6.52. The van der Waals surface area contributed by atoms with Crippen LogP contribution in [0.25, 0.3) is 0 Å². The SMILES string of the molecule is CCOc1ccc(NC(=O)[C@H]2CC(=O)Nc3nc(Nc4cc(Cl)cc(Cl)c4)[nH]c(=O)c32)cc1. The number of aromatic nitrogens is 2. The molecule has 2 heterocycles. The van der Waals surface area contributed by atoms with Crippen LogP contribution >= 0.6 is 23.2 Å². The monoisotopic (exact) mass is 487 g/mol. The highest BCUT2D eigenvalue weighted by molar-refractivity contribution is 6.35. The topological polar surface area (TPSA) is 125 Å². The Morgan fingerprint density at radius 2 is 1.82 bits per heavy atom. The van der Waals surface area contributed by atoms with Gasteiger partial charge in [0.25, 0.3) is 5.56 Å². The molecule has 0 radical (unpaired) electrons. The van der Waals surface area contributed by atoms with Gasteiger partial charge >= 0.3 is 0 Å². The highest BCUT2D eigenvalue weighted by Crippen LogP contribution is 2.31. The van der Waals surface area contributed by atoms with E-state index in [0.29, 0.717) is 33.8 Å². The molecule has 2 aromatic carbocycles. The van der Waals surface area contributed by atoms with Gasteiger partial charge in [0.05, 0.1) is 18.1 Å². The molecule has 1 aliphatic heterocycles. The fraction of sp³-hybridized carbons (Fsp3) is 0.182. The lowest BCUT2D eigenvalue weighted by Crippen LogP contribution is -2.36. The smallest absolute Gasteiger partial charge is 0.258 e. The number of anilines is 4. The second-order valence-electron chi connectivity index (χ2n) is 7.21. The van der Waals surface area contributed by atoms with E-state index in [9.17, 15) is 14.4 Å². The lowest BCUT2D eigenvalue weighted by atomic mass is 9.92. The molecular formula is C22H19Cl2N5O4. The number of hydrogen-bond donors (Lipinski definition) is 4. The lowest BCUT2D eigenvalue weighted by molar-refractivity contribution is -0.123. The number of aromatic amines is 1. The number of fused-ring (bicyclic) bond motifs is 1. The maximum atomic E-state index is 12.9. The maximum absolute atomic E-state index is 12.9. The van der Waals surface area contributed by atoms with Crippen LogP contribution in [-0.2, 0) is 9.59 Å². The molecule has 11 heteroatoms. The Hall–Kier alpha value is -3.56. The van der Waals surface area contributed by atoms with Gasteiger partial charge in [-0.15, -0.1) is 0 Å². The average Bonchev–Trinajstić information content (AvgIpc) is 2.73. The number of carbonyl (C=O) groups is 2. The van der Waals surface area contributed by atoms with Crippen LogP contribution in [0, 0.1) is 0 Å². The fourth-order valence-electron chi connectivity index (χ4n) is 3.45. The number of H-pyrrole nitrogens is 1. The van der Waals surface area contributed by atoms with Gasteiger partial charge in [-0.05, 0) is 49.4 Å². The first kappa shape index (κ1) is 22.6. The molecule has 2 amide bonds. The van der Waals surface area contributed by atoms with Crippen molar-refractivity contribution in [2.75, 3.05) is 22.6 Å². The third-order valence-electron chi connectivity index (χ3n) is 4.83. The fourth-order valence-corrected chi connectivity index (χ4v) is 3.97. The molecule has 0 spiro atoms. The van der Waals surface area contributed by atoms with E-state index in [0.717, 1.165) is 0 Å². The third kappa shape index (κ3) is 5.27. The van der Waals surface area contributed by atoms with Crippen LogP contribution in [0.15, 0.2) is 47.3 Å². The summed E-state index contributed by atoms with van der Waals surface area (Å²) in [6.45, 7) is 2.40. The predicted octanol–water partition coefficient (Wildman–Crippen LogP) is 4.28. The minimum Gasteiger partial charge on any atom is -0.494 e. The van der Waals surface area contributed by atoms with Gasteiger partial charge in [-0.2, -0.15) is 4.98 Å². The largest absolute Gasteiger partial charge is 0.494 e. The maximum Gasteiger partial charge on any atom is 0.258 e. The van der Waals surface area contributed by atoms with Crippen molar-refractivity contribution in [3.8, 4) is 5.75 Å². The Bertz CT molecular complexity index is 1260. The molecule has 0 fully saturated rings. The molecular weight excluding hydrogens is 469 g/mol. The first-order valence-electron chi connectivity index (χ1n) is 10.0. The van der Waals surface area contributed by atoms with Gasteiger partial charge in [0.1, 0.15) is 11.6 Å². The number of carbonyl (C=O) groups excluding carboxylic acids is 2. The summed E-state index contributed by atoms with van der Waals surface area (Å²) >= 11 is 12.0. The molecule has 1 aromatic heterocycles. The first-order valence-corrected chi connectivity index (χ1v) is 10.8. The standard InChI is InChI=1S/C22H19Cl2N5O4/c1-2-33-15-5-3-13(4-6-15)25-20(31)16-10-17(30)27-19-18(16)21(32)29-22(28-19)26-14-8-11(23)7-12(24)9-14/h3-9,16H,2,10H2,1H3,(H,25,31)(H3,26,27,28,29,30,32)/t16-/m0/s1. The van der Waals surface area contributed by atoms with Crippen molar-refractivity contribution < 1.29 is 14.3 Å². The molecule has 0 unspecified atom stereocenters. The van der Waals surface area contributed by atoms with Gasteiger partial charge in [0, 0.05) is 27.8 Å². The molecule has 0 aliphatic carbocycles.